The number of methoxy groups -OCH3 is 1. The maximum Gasteiger partial charge on any atom is 0.277 e. The van der Waals surface area contributed by atoms with Crippen LogP contribution >= 0.6 is 0 Å². The molecule has 0 saturated carbocycles. The van der Waals surface area contributed by atoms with Crippen LogP contribution in [-0.4, -0.2) is 36.1 Å². The fraction of sp³-hybridized carbons (Fsp3) is 0.214. The Morgan fingerprint density at radius 1 is 1.00 bits per heavy atom. The van der Waals surface area contributed by atoms with Gasteiger partial charge >= 0.3 is 0 Å². The van der Waals surface area contributed by atoms with Crippen molar-refractivity contribution in [3.8, 4) is 11.5 Å². The number of anilines is 1. The first-order valence-electron chi connectivity index (χ1n) is 11.8. The Hall–Kier alpha value is -4.66. The van der Waals surface area contributed by atoms with E-state index in [1.807, 2.05) is 31.2 Å². The molecule has 2 bridgehead atoms. The Labute approximate surface area is 211 Å². The molecule has 3 aromatic rings. The highest BCUT2D eigenvalue weighted by molar-refractivity contribution is 6.37. The lowest BCUT2D eigenvalue weighted by molar-refractivity contribution is -0.383. The highest BCUT2D eigenvalue weighted by Gasteiger charge is 2.59. The number of ether oxygens (including phenoxy) is 3. The predicted molar refractivity (Wildman–Crippen MR) is 134 cm³/mol. The summed E-state index contributed by atoms with van der Waals surface area (Å²) in [6.45, 7) is 2.20. The van der Waals surface area contributed by atoms with Gasteiger partial charge in [0.25, 0.3) is 17.5 Å². The van der Waals surface area contributed by atoms with Crippen molar-refractivity contribution >= 4 is 34.0 Å². The third kappa shape index (κ3) is 3.38. The molecule has 1 unspecified atom stereocenters. The van der Waals surface area contributed by atoms with Gasteiger partial charge in [-0.1, -0.05) is 18.2 Å². The van der Waals surface area contributed by atoms with Gasteiger partial charge in [-0.05, 0) is 48.9 Å². The number of rotatable bonds is 7. The van der Waals surface area contributed by atoms with E-state index in [0.29, 0.717) is 53.0 Å². The predicted octanol–water partition coefficient (Wildman–Crippen LogP) is 4.84. The first-order chi connectivity index (χ1) is 17.8. The fourth-order valence-corrected chi connectivity index (χ4v) is 5.43. The Balaban J connectivity index is 1.29. The van der Waals surface area contributed by atoms with Crippen molar-refractivity contribution in [2.75, 3.05) is 18.6 Å². The van der Waals surface area contributed by atoms with Crippen molar-refractivity contribution in [1.82, 2.24) is 0 Å². The number of hydrogen-bond donors (Lipinski definition) is 0. The molecule has 9 nitrogen and oxygen atoms in total. The molecule has 37 heavy (non-hydrogen) atoms. The Kier molecular flexibility index (Phi) is 5.04. The van der Waals surface area contributed by atoms with Crippen LogP contribution in [0.2, 0.25) is 0 Å². The molecule has 3 aliphatic rings. The van der Waals surface area contributed by atoms with Gasteiger partial charge in [-0.3, -0.25) is 19.7 Å². The second-order valence-corrected chi connectivity index (χ2v) is 9.32. The quantitative estimate of drug-likeness (QED) is 0.260. The van der Waals surface area contributed by atoms with Crippen LogP contribution in [0.25, 0.3) is 10.8 Å². The van der Waals surface area contributed by atoms with E-state index in [-0.39, 0.29) is 11.3 Å². The molecule has 0 N–H and O–H groups in total. The van der Waals surface area contributed by atoms with Crippen LogP contribution in [0.4, 0.5) is 11.4 Å². The summed E-state index contributed by atoms with van der Waals surface area (Å²) in [6, 6.07) is 16.8. The number of nitrogens with zero attached hydrogens (tertiary/aromatic N) is 2. The van der Waals surface area contributed by atoms with Crippen LogP contribution < -0.4 is 14.4 Å². The number of nitro benzene ring substituents is 1. The van der Waals surface area contributed by atoms with E-state index in [1.165, 1.54) is 12.1 Å². The summed E-state index contributed by atoms with van der Waals surface area (Å²) in [5.74, 6) is 0.949. The molecule has 9 heteroatoms. The maximum atomic E-state index is 13.6. The van der Waals surface area contributed by atoms with Crippen molar-refractivity contribution in [3.05, 3.63) is 93.3 Å². The molecule has 0 saturated heterocycles. The van der Waals surface area contributed by atoms with E-state index < -0.39 is 22.3 Å². The Morgan fingerprint density at radius 2 is 1.70 bits per heavy atom. The molecular formula is C28H22N2O7. The zero-order valence-corrected chi connectivity index (χ0v) is 20.1. The standard InChI is InChI=1S/C28H22N2O7/c1-28-15-16(13-14-36-18-9-7-17(35-2)8-10-18)25(37-28)23-24(28)27(32)29(26(23)31)21-11-12-22(30(33)34)20-6-4-3-5-19(20)21/h3-12H,13-15H2,1-2H3. The fourth-order valence-electron chi connectivity index (χ4n) is 5.43. The van der Waals surface area contributed by atoms with Gasteiger partial charge in [-0.2, -0.15) is 0 Å². The normalized spacial score (nSPS) is 20.1. The second-order valence-electron chi connectivity index (χ2n) is 9.32. The largest absolute Gasteiger partial charge is 0.497 e. The summed E-state index contributed by atoms with van der Waals surface area (Å²) in [6.07, 6.45) is 1.02. The van der Waals surface area contributed by atoms with E-state index in [0.717, 1.165) is 16.2 Å². The molecule has 2 amide bonds. The first-order valence-corrected chi connectivity index (χ1v) is 11.8. The highest BCUT2D eigenvalue weighted by Crippen LogP contribution is 2.55. The van der Waals surface area contributed by atoms with E-state index in [2.05, 4.69) is 0 Å². The zero-order valence-electron chi connectivity index (χ0n) is 20.1. The van der Waals surface area contributed by atoms with Crippen LogP contribution in [0.1, 0.15) is 19.8 Å². The van der Waals surface area contributed by atoms with Gasteiger partial charge in [0.05, 0.1) is 40.9 Å². The van der Waals surface area contributed by atoms with Gasteiger partial charge in [-0.25, -0.2) is 4.90 Å². The molecular weight excluding hydrogens is 476 g/mol. The monoisotopic (exact) mass is 498 g/mol. The Bertz CT molecular complexity index is 1570. The molecule has 6 rings (SSSR count). The lowest BCUT2D eigenvalue weighted by atomic mass is 9.83. The zero-order chi connectivity index (χ0) is 25.9. The van der Waals surface area contributed by atoms with E-state index >= 15 is 0 Å². The number of fused-ring (bicyclic) bond motifs is 5. The van der Waals surface area contributed by atoms with Crippen LogP contribution in [0.5, 0.6) is 11.5 Å². The number of hydrogen-bond acceptors (Lipinski definition) is 7. The average Bonchev–Trinajstić information content (AvgIpc) is 3.49. The minimum atomic E-state index is -0.932. The van der Waals surface area contributed by atoms with Crippen molar-refractivity contribution in [2.24, 2.45) is 0 Å². The van der Waals surface area contributed by atoms with Crippen LogP contribution in [0, 0.1) is 10.1 Å². The number of amides is 2. The van der Waals surface area contributed by atoms with Crippen molar-refractivity contribution in [2.45, 2.75) is 25.4 Å². The van der Waals surface area contributed by atoms with Crippen molar-refractivity contribution < 1.29 is 28.7 Å². The van der Waals surface area contributed by atoms with Gasteiger partial charge < -0.3 is 14.2 Å². The summed E-state index contributed by atoms with van der Waals surface area (Å²) < 4.78 is 17.1. The molecule has 0 aromatic heterocycles. The van der Waals surface area contributed by atoms with Gasteiger partial charge in [0.1, 0.15) is 22.9 Å². The minimum Gasteiger partial charge on any atom is -0.497 e. The van der Waals surface area contributed by atoms with Gasteiger partial charge in [-0.15, -0.1) is 0 Å². The van der Waals surface area contributed by atoms with Crippen LogP contribution in [-0.2, 0) is 14.3 Å². The average molecular weight is 498 g/mol. The summed E-state index contributed by atoms with van der Waals surface area (Å²) >= 11 is 0. The van der Waals surface area contributed by atoms with Gasteiger partial charge in [0.15, 0.2) is 0 Å². The third-order valence-electron chi connectivity index (χ3n) is 7.09. The number of imide groups is 1. The molecule has 186 valence electrons. The van der Waals surface area contributed by atoms with E-state index in [1.54, 1.807) is 31.4 Å². The SMILES string of the molecule is COc1ccc(OCCC2=C3OC(C)(C2)C2=C3C(=O)N(c3ccc([N+](=O)[O-])c4ccccc34)C2=O)cc1. The maximum absolute atomic E-state index is 13.6. The van der Waals surface area contributed by atoms with Gasteiger partial charge in [0, 0.05) is 24.3 Å². The summed E-state index contributed by atoms with van der Waals surface area (Å²) in [4.78, 5) is 39.4. The molecule has 0 fully saturated rings. The summed E-state index contributed by atoms with van der Waals surface area (Å²) in [5.41, 5.74) is 0.842. The molecule has 3 aromatic carbocycles. The van der Waals surface area contributed by atoms with E-state index in [9.17, 15) is 19.7 Å². The van der Waals surface area contributed by atoms with Crippen LogP contribution in [0.3, 0.4) is 0 Å². The second kappa shape index (κ2) is 8.19. The van der Waals surface area contributed by atoms with Gasteiger partial charge in [0.2, 0.25) is 0 Å². The summed E-state index contributed by atoms with van der Waals surface area (Å²) in [5, 5.41) is 12.3. The summed E-state index contributed by atoms with van der Waals surface area (Å²) in [7, 11) is 1.60. The number of carbonyl (C=O) groups is 2. The van der Waals surface area contributed by atoms with Crippen molar-refractivity contribution in [1.29, 1.82) is 0 Å². The molecule has 1 atom stereocenters. The first kappa shape index (κ1) is 22.8. The van der Waals surface area contributed by atoms with Crippen molar-refractivity contribution in [3.63, 3.8) is 0 Å². The molecule has 3 heterocycles. The van der Waals surface area contributed by atoms with Crippen LogP contribution in [0.15, 0.2) is 83.1 Å². The minimum absolute atomic E-state index is 0.0869. The Morgan fingerprint density at radius 3 is 2.41 bits per heavy atom. The molecule has 0 spiro atoms. The lowest BCUT2D eigenvalue weighted by Crippen LogP contribution is -2.37. The smallest absolute Gasteiger partial charge is 0.277 e. The van der Waals surface area contributed by atoms with E-state index in [4.69, 9.17) is 14.2 Å². The molecule has 0 aliphatic carbocycles. The molecule has 3 aliphatic heterocycles. The highest BCUT2D eigenvalue weighted by atomic mass is 16.6. The lowest BCUT2D eigenvalue weighted by Gasteiger charge is -2.25. The number of benzene rings is 3. The number of nitro groups is 1. The number of carbonyl (C=O) groups excluding carboxylic acids is 2. The number of non-ortho nitro benzene ring substituents is 1. The topological polar surface area (TPSA) is 108 Å². The third-order valence-corrected chi connectivity index (χ3v) is 7.09. The molecule has 0 radical (unpaired) electrons.